The Bertz CT molecular complexity index is 510. The van der Waals surface area contributed by atoms with Crippen LogP contribution in [0.5, 0.6) is 0 Å². The van der Waals surface area contributed by atoms with Crippen molar-refractivity contribution < 1.29 is 0 Å². The molecule has 2 aromatic rings. The minimum absolute atomic E-state index is 0.122. The summed E-state index contributed by atoms with van der Waals surface area (Å²) < 4.78 is 0. The van der Waals surface area contributed by atoms with Gasteiger partial charge in [-0.1, -0.05) is 0 Å². The van der Waals surface area contributed by atoms with Gasteiger partial charge in [0.05, 0.1) is 11.7 Å². The van der Waals surface area contributed by atoms with Gasteiger partial charge in [-0.25, -0.2) is 5.43 Å². The van der Waals surface area contributed by atoms with E-state index in [1.807, 2.05) is 38.2 Å². The Balaban J connectivity index is 2.44. The molecule has 2 heterocycles. The molecule has 17 heavy (non-hydrogen) atoms. The second-order valence-electron chi connectivity index (χ2n) is 4.09. The maximum Gasteiger partial charge on any atom is 0.0898 e. The van der Waals surface area contributed by atoms with Crippen LogP contribution in [0.4, 0.5) is 0 Å². The van der Waals surface area contributed by atoms with Gasteiger partial charge in [0.15, 0.2) is 0 Å². The lowest BCUT2D eigenvalue weighted by Crippen LogP contribution is -2.30. The molecule has 0 aliphatic rings. The fourth-order valence-corrected chi connectivity index (χ4v) is 1.83. The van der Waals surface area contributed by atoms with Gasteiger partial charge in [0.25, 0.3) is 0 Å². The first kappa shape index (κ1) is 11.7. The lowest BCUT2D eigenvalue weighted by molar-refractivity contribution is 0.615. The first-order valence-corrected chi connectivity index (χ1v) is 5.51. The number of aromatic nitrogens is 2. The minimum atomic E-state index is -0.122. The topological polar surface area (TPSA) is 63.8 Å². The number of nitrogens with two attached hydrogens (primary N) is 1. The number of nitrogens with zero attached hydrogens (tertiary/aromatic N) is 2. The summed E-state index contributed by atoms with van der Waals surface area (Å²) in [6.45, 7) is 4.08. The molecule has 2 aromatic heterocycles. The highest BCUT2D eigenvalue weighted by molar-refractivity contribution is 5.32. The zero-order chi connectivity index (χ0) is 12.3. The Hall–Kier alpha value is -1.78. The van der Waals surface area contributed by atoms with E-state index >= 15 is 0 Å². The second-order valence-corrected chi connectivity index (χ2v) is 4.09. The normalized spacial score (nSPS) is 12.4. The zero-order valence-corrected chi connectivity index (χ0v) is 10.0. The third-order valence-electron chi connectivity index (χ3n) is 2.79. The van der Waals surface area contributed by atoms with Gasteiger partial charge in [0, 0.05) is 18.6 Å². The molecule has 4 heteroatoms. The van der Waals surface area contributed by atoms with Crippen molar-refractivity contribution in [3.63, 3.8) is 0 Å². The Morgan fingerprint density at radius 2 is 2.06 bits per heavy atom. The molecular formula is C13H16N4. The van der Waals surface area contributed by atoms with E-state index < -0.39 is 0 Å². The predicted octanol–water partition coefficient (Wildman–Crippen LogP) is 1.65. The SMILES string of the molecule is Cc1ccnc(C(NN)c2cnccc2C)c1. The molecule has 0 aromatic carbocycles. The highest BCUT2D eigenvalue weighted by Gasteiger charge is 2.15. The highest BCUT2D eigenvalue weighted by atomic mass is 15.2. The lowest BCUT2D eigenvalue weighted by atomic mass is 10.0. The summed E-state index contributed by atoms with van der Waals surface area (Å²) in [4.78, 5) is 8.50. The number of pyridine rings is 2. The van der Waals surface area contributed by atoms with Gasteiger partial charge < -0.3 is 0 Å². The average molecular weight is 228 g/mol. The minimum Gasteiger partial charge on any atom is -0.271 e. The fourth-order valence-electron chi connectivity index (χ4n) is 1.83. The first-order valence-electron chi connectivity index (χ1n) is 5.51. The summed E-state index contributed by atoms with van der Waals surface area (Å²) in [6.07, 6.45) is 5.39. The molecule has 0 fully saturated rings. The Morgan fingerprint density at radius 3 is 2.71 bits per heavy atom. The zero-order valence-electron chi connectivity index (χ0n) is 10.0. The largest absolute Gasteiger partial charge is 0.271 e. The molecule has 0 saturated carbocycles. The molecule has 1 unspecified atom stereocenters. The maximum atomic E-state index is 5.64. The van der Waals surface area contributed by atoms with E-state index in [1.165, 1.54) is 0 Å². The van der Waals surface area contributed by atoms with E-state index in [1.54, 1.807) is 12.4 Å². The van der Waals surface area contributed by atoms with Crippen molar-refractivity contribution in [2.45, 2.75) is 19.9 Å². The van der Waals surface area contributed by atoms with Crippen LogP contribution in [-0.2, 0) is 0 Å². The number of hydrogen-bond donors (Lipinski definition) is 2. The Kier molecular flexibility index (Phi) is 3.46. The predicted molar refractivity (Wildman–Crippen MR) is 67.1 cm³/mol. The van der Waals surface area contributed by atoms with Crippen LogP contribution in [0.2, 0.25) is 0 Å². The van der Waals surface area contributed by atoms with E-state index in [9.17, 15) is 0 Å². The third kappa shape index (κ3) is 2.49. The molecular weight excluding hydrogens is 212 g/mol. The molecule has 0 amide bonds. The van der Waals surface area contributed by atoms with Gasteiger partial charge in [-0.3, -0.25) is 15.8 Å². The summed E-state index contributed by atoms with van der Waals surface area (Å²) in [5, 5.41) is 0. The van der Waals surface area contributed by atoms with E-state index in [0.29, 0.717) is 0 Å². The average Bonchev–Trinajstić information content (AvgIpc) is 2.33. The van der Waals surface area contributed by atoms with Crippen LogP contribution in [0, 0.1) is 13.8 Å². The molecule has 4 nitrogen and oxygen atoms in total. The van der Waals surface area contributed by atoms with Crippen LogP contribution in [0.3, 0.4) is 0 Å². The number of rotatable bonds is 3. The van der Waals surface area contributed by atoms with Crippen LogP contribution in [0.1, 0.15) is 28.4 Å². The summed E-state index contributed by atoms with van der Waals surface area (Å²) in [6, 6.07) is 5.84. The van der Waals surface area contributed by atoms with Crippen molar-refractivity contribution in [3.8, 4) is 0 Å². The summed E-state index contributed by atoms with van der Waals surface area (Å²) >= 11 is 0. The van der Waals surface area contributed by atoms with Gasteiger partial charge in [-0.2, -0.15) is 0 Å². The molecule has 0 bridgehead atoms. The fraction of sp³-hybridized carbons (Fsp3) is 0.231. The van der Waals surface area contributed by atoms with Crippen LogP contribution < -0.4 is 11.3 Å². The molecule has 0 spiro atoms. The Morgan fingerprint density at radius 1 is 1.24 bits per heavy atom. The molecule has 0 saturated heterocycles. The van der Waals surface area contributed by atoms with E-state index in [2.05, 4.69) is 15.4 Å². The van der Waals surface area contributed by atoms with Crippen molar-refractivity contribution in [3.05, 3.63) is 59.2 Å². The van der Waals surface area contributed by atoms with Gasteiger partial charge in [-0.05, 0) is 48.7 Å². The van der Waals surface area contributed by atoms with Crippen molar-refractivity contribution in [1.29, 1.82) is 0 Å². The van der Waals surface area contributed by atoms with Crippen LogP contribution in [0.25, 0.3) is 0 Å². The maximum absolute atomic E-state index is 5.64. The standard InChI is InChI=1S/C13H16N4/c1-9-3-6-16-12(7-9)13(17-14)11-8-15-5-4-10(11)2/h3-8,13,17H,14H2,1-2H3. The summed E-state index contributed by atoms with van der Waals surface area (Å²) in [5.41, 5.74) is 7.06. The molecule has 88 valence electrons. The summed E-state index contributed by atoms with van der Waals surface area (Å²) in [7, 11) is 0. The monoisotopic (exact) mass is 228 g/mol. The van der Waals surface area contributed by atoms with Crippen molar-refractivity contribution in [2.24, 2.45) is 5.84 Å². The molecule has 3 N–H and O–H groups in total. The van der Waals surface area contributed by atoms with Gasteiger partial charge in [-0.15, -0.1) is 0 Å². The van der Waals surface area contributed by atoms with Crippen LogP contribution >= 0.6 is 0 Å². The number of aryl methyl sites for hydroxylation is 2. The number of hydrazine groups is 1. The van der Waals surface area contributed by atoms with E-state index in [4.69, 9.17) is 5.84 Å². The number of nitrogens with one attached hydrogen (secondary N) is 1. The van der Waals surface area contributed by atoms with Gasteiger partial charge in [0.2, 0.25) is 0 Å². The molecule has 0 aliphatic heterocycles. The Labute approximate surface area is 101 Å². The smallest absolute Gasteiger partial charge is 0.0898 e. The molecule has 1 atom stereocenters. The third-order valence-corrected chi connectivity index (χ3v) is 2.79. The van der Waals surface area contributed by atoms with Crippen molar-refractivity contribution in [1.82, 2.24) is 15.4 Å². The second kappa shape index (κ2) is 5.03. The lowest BCUT2D eigenvalue weighted by Gasteiger charge is -2.17. The summed E-state index contributed by atoms with van der Waals surface area (Å²) in [5.74, 6) is 5.64. The van der Waals surface area contributed by atoms with Crippen molar-refractivity contribution >= 4 is 0 Å². The van der Waals surface area contributed by atoms with Gasteiger partial charge in [0.1, 0.15) is 0 Å². The van der Waals surface area contributed by atoms with Crippen LogP contribution in [0.15, 0.2) is 36.8 Å². The highest BCUT2D eigenvalue weighted by Crippen LogP contribution is 2.22. The number of hydrogen-bond acceptors (Lipinski definition) is 4. The van der Waals surface area contributed by atoms with Crippen molar-refractivity contribution in [2.75, 3.05) is 0 Å². The van der Waals surface area contributed by atoms with Crippen LogP contribution in [-0.4, -0.2) is 9.97 Å². The molecule has 2 rings (SSSR count). The van der Waals surface area contributed by atoms with Gasteiger partial charge >= 0.3 is 0 Å². The molecule has 0 aliphatic carbocycles. The molecule has 0 radical (unpaired) electrons. The van der Waals surface area contributed by atoms with E-state index in [0.717, 1.165) is 22.4 Å². The van der Waals surface area contributed by atoms with E-state index in [-0.39, 0.29) is 6.04 Å². The first-order chi connectivity index (χ1) is 8.22. The quantitative estimate of drug-likeness (QED) is 0.619.